The van der Waals surface area contributed by atoms with Crippen molar-refractivity contribution in [1.82, 2.24) is 4.72 Å². The van der Waals surface area contributed by atoms with Crippen LogP contribution in [0.4, 0.5) is 4.39 Å². The van der Waals surface area contributed by atoms with Crippen LogP contribution < -0.4 is 4.72 Å². The van der Waals surface area contributed by atoms with E-state index in [-0.39, 0.29) is 23.1 Å². The van der Waals surface area contributed by atoms with Gasteiger partial charge < -0.3 is 9.84 Å². The summed E-state index contributed by atoms with van der Waals surface area (Å²) in [5.41, 5.74) is 0. The Labute approximate surface area is 110 Å². The Morgan fingerprint density at radius 2 is 2.22 bits per heavy atom. The maximum atomic E-state index is 12.8. The second kappa shape index (κ2) is 6.44. The van der Waals surface area contributed by atoms with Crippen LogP contribution in [0.5, 0.6) is 0 Å². The minimum atomic E-state index is -3.89. The highest BCUT2D eigenvalue weighted by molar-refractivity contribution is 7.89. The second-order valence-corrected chi connectivity index (χ2v) is 5.68. The molecule has 0 bridgehead atoms. The van der Waals surface area contributed by atoms with E-state index in [4.69, 9.17) is 11.6 Å². The molecule has 1 rings (SSSR count). The first-order valence-electron chi connectivity index (χ1n) is 4.98. The number of aliphatic hydroxyl groups is 1. The van der Waals surface area contributed by atoms with Crippen LogP contribution in [0.1, 0.15) is 0 Å². The fourth-order valence-corrected chi connectivity index (χ4v) is 2.83. The maximum absolute atomic E-state index is 12.8. The van der Waals surface area contributed by atoms with Crippen molar-refractivity contribution in [1.29, 1.82) is 0 Å². The molecule has 0 saturated heterocycles. The van der Waals surface area contributed by atoms with Crippen molar-refractivity contribution in [3.05, 3.63) is 29.0 Å². The van der Waals surface area contributed by atoms with Crippen LogP contribution in [-0.2, 0) is 14.8 Å². The highest BCUT2D eigenvalue weighted by atomic mass is 35.5. The van der Waals surface area contributed by atoms with Gasteiger partial charge in [-0.1, -0.05) is 11.6 Å². The molecule has 1 unspecified atom stereocenters. The molecule has 1 atom stereocenters. The minimum absolute atomic E-state index is 0.000327. The Morgan fingerprint density at radius 3 is 2.78 bits per heavy atom. The van der Waals surface area contributed by atoms with Crippen molar-refractivity contribution >= 4 is 21.6 Å². The lowest BCUT2D eigenvalue weighted by Crippen LogP contribution is -2.34. The number of ether oxygens (including phenoxy) is 1. The first-order valence-corrected chi connectivity index (χ1v) is 6.84. The van der Waals surface area contributed by atoms with E-state index in [1.807, 2.05) is 0 Å². The second-order valence-electron chi connectivity index (χ2n) is 3.54. The van der Waals surface area contributed by atoms with E-state index in [0.717, 1.165) is 18.2 Å². The molecular formula is C10H13ClFNO4S. The lowest BCUT2D eigenvalue weighted by Gasteiger charge is -2.12. The molecule has 0 radical (unpaired) electrons. The summed E-state index contributed by atoms with van der Waals surface area (Å²) in [6.07, 6.45) is -0.969. The highest BCUT2D eigenvalue weighted by Gasteiger charge is 2.19. The quantitative estimate of drug-likeness (QED) is 0.813. The molecule has 0 aliphatic heterocycles. The van der Waals surface area contributed by atoms with Gasteiger partial charge in [0.05, 0.1) is 17.7 Å². The van der Waals surface area contributed by atoms with Crippen LogP contribution in [0.25, 0.3) is 0 Å². The van der Waals surface area contributed by atoms with Gasteiger partial charge in [-0.25, -0.2) is 17.5 Å². The van der Waals surface area contributed by atoms with Crippen LogP contribution in [0.2, 0.25) is 5.02 Å². The summed E-state index contributed by atoms with van der Waals surface area (Å²) in [6, 6.07) is 2.95. The lowest BCUT2D eigenvalue weighted by atomic mass is 10.3. The molecule has 8 heteroatoms. The summed E-state index contributed by atoms with van der Waals surface area (Å²) >= 11 is 5.64. The van der Waals surface area contributed by atoms with Crippen molar-refractivity contribution in [2.24, 2.45) is 0 Å². The number of sulfonamides is 1. The van der Waals surface area contributed by atoms with Crippen molar-refractivity contribution in [3.8, 4) is 0 Å². The molecule has 102 valence electrons. The van der Waals surface area contributed by atoms with Crippen molar-refractivity contribution in [2.75, 3.05) is 20.3 Å². The van der Waals surface area contributed by atoms with Gasteiger partial charge in [0.25, 0.3) is 0 Å². The molecule has 0 aliphatic rings. The van der Waals surface area contributed by atoms with Crippen molar-refractivity contribution < 1.29 is 22.7 Å². The zero-order valence-corrected chi connectivity index (χ0v) is 11.1. The molecule has 5 nitrogen and oxygen atoms in total. The molecule has 0 aromatic heterocycles. The van der Waals surface area contributed by atoms with Crippen LogP contribution in [0.15, 0.2) is 23.1 Å². The molecule has 0 saturated carbocycles. The SMILES string of the molecule is COCC(O)CNS(=O)(=O)c1ccc(F)cc1Cl. The van der Waals surface area contributed by atoms with E-state index in [1.54, 1.807) is 0 Å². The number of rotatable bonds is 6. The standard InChI is InChI=1S/C10H13ClFNO4S/c1-17-6-8(14)5-13-18(15,16)10-3-2-7(12)4-9(10)11/h2-4,8,13-14H,5-6H2,1H3. The number of benzene rings is 1. The summed E-state index contributed by atoms with van der Waals surface area (Å²) in [5.74, 6) is -0.627. The maximum Gasteiger partial charge on any atom is 0.242 e. The lowest BCUT2D eigenvalue weighted by molar-refractivity contribution is 0.0679. The average molecular weight is 298 g/mol. The van der Waals surface area contributed by atoms with Gasteiger partial charge in [-0.05, 0) is 18.2 Å². The smallest absolute Gasteiger partial charge is 0.242 e. The van der Waals surface area contributed by atoms with Gasteiger partial charge in [-0.15, -0.1) is 0 Å². The van der Waals surface area contributed by atoms with Gasteiger partial charge in [0.15, 0.2) is 0 Å². The number of halogens is 2. The van der Waals surface area contributed by atoms with Gasteiger partial charge in [0.2, 0.25) is 10.0 Å². The third-order valence-electron chi connectivity index (χ3n) is 2.05. The Balaban J connectivity index is 2.80. The molecule has 0 fully saturated rings. The van der Waals surface area contributed by atoms with Gasteiger partial charge in [0.1, 0.15) is 10.7 Å². The van der Waals surface area contributed by atoms with Gasteiger partial charge in [0, 0.05) is 13.7 Å². The van der Waals surface area contributed by atoms with Crippen LogP contribution in [0, 0.1) is 5.82 Å². The molecular weight excluding hydrogens is 285 g/mol. The zero-order chi connectivity index (χ0) is 13.8. The molecule has 2 N–H and O–H groups in total. The molecule has 0 aliphatic carbocycles. The third kappa shape index (κ3) is 4.18. The summed E-state index contributed by atoms with van der Waals surface area (Å²) in [5, 5.41) is 9.11. The summed E-state index contributed by atoms with van der Waals surface area (Å²) in [7, 11) is -2.50. The Bertz CT molecular complexity index is 509. The van der Waals surface area contributed by atoms with Gasteiger partial charge in [-0.2, -0.15) is 0 Å². The minimum Gasteiger partial charge on any atom is -0.389 e. The molecule has 18 heavy (non-hydrogen) atoms. The van der Waals surface area contributed by atoms with E-state index >= 15 is 0 Å². The van der Waals surface area contributed by atoms with E-state index in [9.17, 15) is 17.9 Å². The summed E-state index contributed by atoms with van der Waals surface area (Å²) < 4.78 is 43.2. The fourth-order valence-electron chi connectivity index (χ4n) is 1.23. The van der Waals surface area contributed by atoms with E-state index < -0.39 is 21.9 Å². The first kappa shape index (κ1) is 15.3. The first-order chi connectivity index (χ1) is 8.36. The Morgan fingerprint density at radius 1 is 1.56 bits per heavy atom. The Kier molecular flexibility index (Phi) is 5.48. The third-order valence-corrected chi connectivity index (χ3v) is 3.96. The van der Waals surface area contributed by atoms with E-state index in [2.05, 4.69) is 9.46 Å². The van der Waals surface area contributed by atoms with Crippen LogP contribution in [0.3, 0.4) is 0 Å². The van der Waals surface area contributed by atoms with Crippen molar-refractivity contribution in [3.63, 3.8) is 0 Å². The Hall–Kier alpha value is -0.730. The summed E-state index contributed by atoms with van der Waals surface area (Å²) in [4.78, 5) is -0.241. The number of hydrogen-bond acceptors (Lipinski definition) is 4. The molecule has 0 spiro atoms. The monoisotopic (exact) mass is 297 g/mol. The number of nitrogens with one attached hydrogen (secondary N) is 1. The topological polar surface area (TPSA) is 75.6 Å². The van der Waals surface area contributed by atoms with Crippen molar-refractivity contribution in [2.45, 2.75) is 11.0 Å². The molecule has 1 aromatic carbocycles. The molecule has 1 aromatic rings. The number of methoxy groups -OCH3 is 1. The van der Waals surface area contributed by atoms with Crippen LogP contribution >= 0.6 is 11.6 Å². The van der Waals surface area contributed by atoms with Gasteiger partial charge >= 0.3 is 0 Å². The predicted molar refractivity (Wildman–Crippen MR) is 64.5 cm³/mol. The van der Waals surface area contributed by atoms with E-state index in [0.29, 0.717) is 0 Å². The largest absolute Gasteiger partial charge is 0.389 e. The summed E-state index contributed by atoms with van der Waals surface area (Å²) in [6.45, 7) is -0.219. The molecule has 0 amide bonds. The molecule has 0 heterocycles. The number of hydrogen-bond donors (Lipinski definition) is 2. The predicted octanol–water partition coefficient (Wildman–Crippen LogP) is 0.765. The highest BCUT2D eigenvalue weighted by Crippen LogP contribution is 2.21. The normalized spacial score (nSPS) is 13.6. The zero-order valence-electron chi connectivity index (χ0n) is 9.56. The fraction of sp³-hybridized carbons (Fsp3) is 0.400. The van der Waals surface area contributed by atoms with Gasteiger partial charge in [-0.3, -0.25) is 0 Å². The average Bonchev–Trinajstić information content (AvgIpc) is 2.26. The number of aliphatic hydroxyl groups excluding tert-OH is 1. The van der Waals surface area contributed by atoms with E-state index in [1.165, 1.54) is 7.11 Å². The van der Waals surface area contributed by atoms with Crippen LogP contribution in [-0.4, -0.2) is 39.9 Å².